The molecule has 2 aromatic rings. The van der Waals surface area contributed by atoms with Crippen LogP contribution in [0, 0.1) is 0 Å². The van der Waals surface area contributed by atoms with Crippen molar-refractivity contribution in [3.05, 3.63) is 53.3 Å². The van der Waals surface area contributed by atoms with Gasteiger partial charge in [0.15, 0.2) is 0 Å². The number of rotatable bonds is 5. The summed E-state index contributed by atoms with van der Waals surface area (Å²) in [7, 11) is 0. The minimum atomic E-state index is -4.32. The molecule has 0 aliphatic heterocycles. The van der Waals surface area contributed by atoms with Crippen LogP contribution >= 0.6 is 0 Å². The van der Waals surface area contributed by atoms with Gasteiger partial charge in [0.2, 0.25) is 0 Å². The van der Waals surface area contributed by atoms with Gasteiger partial charge in [-0.3, -0.25) is 4.68 Å². The van der Waals surface area contributed by atoms with Gasteiger partial charge in [0.05, 0.1) is 11.8 Å². The van der Waals surface area contributed by atoms with Gasteiger partial charge >= 0.3 is 6.18 Å². The molecule has 114 valence electrons. The Morgan fingerprint density at radius 3 is 2.62 bits per heavy atom. The summed E-state index contributed by atoms with van der Waals surface area (Å²) in [5, 5.41) is 7.28. The van der Waals surface area contributed by atoms with Crippen LogP contribution in [0.15, 0.2) is 36.7 Å². The van der Waals surface area contributed by atoms with Gasteiger partial charge in [0, 0.05) is 30.9 Å². The van der Waals surface area contributed by atoms with E-state index in [2.05, 4.69) is 10.4 Å². The molecule has 0 radical (unpaired) electrons. The van der Waals surface area contributed by atoms with Crippen molar-refractivity contribution in [2.24, 2.45) is 0 Å². The van der Waals surface area contributed by atoms with Crippen LogP contribution in [0.4, 0.5) is 13.2 Å². The molecule has 1 aromatic carbocycles. The van der Waals surface area contributed by atoms with Crippen molar-refractivity contribution in [3.8, 4) is 0 Å². The fraction of sp³-hybridized carbons (Fsp3) is 0.400. The Morgan fingerprint density at radius 1 is 1.29 bits per heavy atom. The molecule has 3 nitrogen and oxygen atoms in total. The molecule has 0 bridgehead atoms. The van der Waals surface area contributed by atoms with Crippen LogP contribution in [-0.4, -0.2) is 9.78 Å². The van der Waals surface area contributed by atoms with Crippen LogP contribution in [0.2, 0.25) is 0 Å². The van der Waals surface area contributed by atoms with Crippen molar-refractivity contribution >= 4 is 0 Å². The molecule has 0 amide bonds. The van der Waals surface area contributed by atoms with Crippen LogP contribution in [0.25, 0.3) is 0 Å². The normalized spacial score (nSPS) is 13.4. The second-order valence-corrected chi connectivity index (χ2v) is 4.89. The molecule has 21 heavy (non-hydrogen) atoms. The Balaban J connectivity index is 2.06. The number of hydrogen-bond acceptors (Lipinski definition) is 2. The molecule has 1 heterocycles. The lowest BCUT2D eigenvalue weighted by molar-refractivity contribution is -0.138. The molecular weight excluding hydrogens is 279 g/mol. The molecule has 1 N–H and O–H groups in total. The lowest BCUT2D eigenvalue weighted by atomic mass is 10.1. The Labute approximate surface area is 121 Å². The molecule has 1 aromatic heterocycles. The molecule has 1 atom stereocenters. The zero-order valence-electron chi connectivity index (χ0n) is 12.0. The number of halogens is 3. The highest BCUT2D eigenvalue weighted by Gasteiger charge is 2.32. The fourth-order valence-corrected chi connectivity index (χ4v) is 2.11. The first kappa shape index (κ1) is 15.6. The molecule has 0 fully saturated rings. The smallest absolute Gasteiger partial charge is 0.306 e. The summed E-state index contributed by atoms with van der Waals surface area (Å²) in [4.78, 5) is 0. The lowest BCUT2D eigenvalue weighted by Gasteiger charge is -2.16. The number of alkyl halides is 3. The van der Waals surface area contributed by atoms with Crippen molar-refractivity contribution in [2.75, 3.05) is 0 Å². The minimum absolute atomic E-state index is 0.0633. The van der Waals surface area contributed by atoms with E-state index in [0.717, 1.165) is 18.2 Å². The minimum Gasteiger partial charge on any atom is -0.306 e. The third-order valence-electron chi connectivity index (χ3n) is 3.40. The van der Waals surface area contributed by atoms with Crippen LogP contribution in [0.1, 0.15) is 36.6 Å². The highest BCUT2D eigenvalue weighted by molar-refractivity contribution is 5.29. The van der Waals surface area contributed by atoms with Crippen molar-refractivity contribution in [3.63, 3.8) is 0 Å². The number of nitrogens with one attached hydrogen (secondary N) is 1. The van der Waals surface area contributed by atoms with Gasteiger partial charge in [-0.1, -0.05) is 18.2 Å². The van der Waals surface area contributed by atoms with Gasteiger partial charge in [-0.05, 0) is 25.5 Å². The van der Waals surface area contributed by atoms with E-state index in [-0.39, 0.29) is 18.2 Å². The Kier molecular flexibility index (Phi) is 4.67. The quantitative estimate of drug-likeness (QED) is 0.910. The molecule has 1 unspecified atom stereocenters. The van der Waals surface area contributed by atoms with Crippen molar-refractivity contribution in [2.45, 2.75) is 39.2 Å². The summed E-state index contributed by atoms with van der Waals surface area (Å²) in [6.07, 6.45) is -0.696. The fourth-order valence-electron chi connectivity index (χ4n) is 2.11. The van der Waals surface area contributed by atoms with E-state index in [1.54, 1.807) is 16.9 Å². The van der Waals surface area contributed by atoms with Gasteiger partial charge < -0.3 is 5.32 Å². The summed E-state index contributed by atoms with van der Waals surface area (Å²) in [6, 6.07) is 5.56. The maximum Gasteiger partial charge on any atom is 0.416 e. The zero-order chi connectivity index (χ0) is 15.5. The van der Waals surface area contributed by atoms with E-state index in [4.69, 9.17) is 0 Å². The van der Waals surface area contributed by atoms with E-state index in [1.807, 2.05) is 20.0 Å². The summed E-state index contributed by atoms with van der Waals surface area (Å²) in [5.74, 6) is 0. The average Bonchev–Trinajstić information content (AvgIpc) is 2.93. The van der Waals surface area contributed by atoms with Crippen LogP contribution in [-0.2, 0) is 19.3 Å². The molecule has 6 heteroatoms. The molecule has 0 saturated carbocycles. The topological polar surface area (TPSA) is 29.9 Å². The molecule has 0 aliphatic rings. The maximum atomic E-state index is 12.9. The molecule has 0 aliphatic carbocycles. The van der Waals surface area contributed by atoms with E-state index in [9.17, 15) is 13.2 Å². The average molecular weight is 297 g/mol. The third-order valence-corrected chi connectivity index (χ3v) is 3.40. The summed E-state index contributed by atoms with van der Waals surface area (Å²) in [5.41, 5.74) is 0.620. The van der Waals surface area contributed by atoms with Crippen LogP contribution in [0.3, 0.4) is 0 Å². The van der Waals surface area contributed by atoms with Crippen molar-refractivity contribution in [1.29, 1.82) is 0 Å². The van der Waals surface area contributed by atoms with Gasteiger partial charge in [0.25, 0.3) is 0 Å². The first-order valence-electron chi connectivity index (χ1n) is 6.82. The van der Waals surface area contributed by atoms with E-state index in [0.29, 0.717) is 0 Å². The van der Waals surface area contributed by atoms with Gasteiger partial charge in [0.1, 0.15) is 0 Å². The molecule has 0 spiro atoms. The van der Waals surface area contributed by atoms with Gasteiger partial charge in [-0.15, -0.1) is 0 Å². The number of hydrogen-bond donors (Lipinski definition) is 1. The van der Waals surface area contributed by atoms with Crippen LogP contribution in [0.5, 0.6) is 0 Å². The number of nitrogens with zero attached hydrogens (tertiary/aromatic N) is 2. The molecule has 2 rings (SSSR count). The highest BCUT2D eigenvalue weighted by Crippen LogP contribution is 2.32. The Bertz CT molecular complexity index is 590. The van der Waals surface area contributed by atoms with Crippen molar-refractivity contribution in [1.82, 2.24) is 15.1 Å². The summed E-state index contributed by atoms with van der Waals surface area (Å²) >= 11 is 0. The first-order chi connectivity index (χ1) is 9.91. The van der Waals surface area contributed by atoms with E-state index < -0.39 is 11.7 Å². The predicted octanol–water partition coefficient (Wildman–Crippen LogP) is 3.77. The third kappa shape index (κ3) is 3.85. The maximum absolute atomic E-state index is 12.9. The van der Waals surface area contributed by atoms with Gasteiger partial charge in [-0.25, -0.2) is 0 Å². The second kappa shape index (κ2) is 6.30. The predicted molar refractivity (Wildman–Crippen MR) is 74.6 cm³/mol. The summed E-state index contributed by atoms with van der Waals surface area (Å²) < 4.78 is 40.5. The SMILES string of the molecule is CCn1cc(C(C)NCc2ccccc2C(F)(F)F)cn1. The Hall–Kier alpha value is -1.82. The second-order valence-electron chi connectivity index (χ2n) is 4.89. The first-order valence-corrected chi connectivity index (χ1v) is 6.82. The monoisotopic (exact) mass is 297 g/mol. The molecule has 0 saturated heterocycles. The number of benzene rings is 1. The van der Waals surface area contributed by atoms with E-state index >= 15 is 0 Å². The summed E-state index contributed by atoms with van der Waals surface area (Å²) in [6.45, 7) is 4.82. The van der Waals surface area contributed by atoms with Crippen LogP contribution < -0.4 is 5.32 Å². The van der Waals surface area contributed by atoms with E-state index in [1.165, 1.54) is 12.1 Å². The highest BCUT2D eigenvalue weighted by atomic mass is 19.4. The number of aryl methyl sites for hydroxylation is 1. The zero-order valence-corrected chi connectivity index (χ0v) is 12.0. The lowest BCUT2D eigenvalue weighted by Crippen LogP contribution is -2.20. The standard InChI is InChI=1S/C15H18F3N3/c1-3-21-10-13(9-20-21)11(2)19-8-12-6-4-5-7-14(12)15(16,17)18/h4-7,9-11,19H,3,8H2,1-2H3. The number of aromatic nitrogens is 2. The van der Waals surface area contributed by atoms with Crippen molar-refractivity contribution < 1.29 is 13.2 Å². The molecular formula is C15H18F3N3. The van der Waals surface area contributed by atoms with Gasteiger partial charge in [-0.2, -0.15) is 18.3 Å². The largest absolute Gasteiger partial charge is 0.416 e. The Morgan fingerprint density at radius 2 is 2.00 bits per heavy atom.